The van der Waals surface area contributed by atoms with E-state index in [0.29, 0.717) is 22.4 Å². The molecule has 0 N–H and O–H groups in total. The van der Waals surface area contributed by atoms with Crippen molar-refractivity contribution in [2.24, 2.45) is 0 Å². The van der Waals surface area contributed by atoms with Gasteiger partial charge in [-0.05, 0) is 56.4 Å². The fraction of sp³-hybridized carbons (Fsp3) is 0.333. The van der Waals surface area contributed by atoms with Crippen LogP contribution in [0.15, 0.2) is 47.3 Å². The average molecular weight is 402 g/mol. The number of aryl methyl sites for hydroxylation is 1. The lowest BCUT2D eigenvalue weighted by Gasteiger charge is -2.34. The third-order valence-corrected chi connectivity index (χ3v) is 5.34. The highest BCUT2D eigenvalue weighted by molar-refractivity contribution is 5.82. The lowest BCUT2D eigenvalue weighted by Crippen LogP contribution is -2.44. The normalized spacial score (nSPS) is 15.8. The lowest BCUT2D eigenvalue weighted by atomic mass is 10.1. The van der Waals surface area contributed by atoms with Crippen molar-refractivity contribution >= 4 is 16.6 Å². The van der Waals surface area contributed by atoms with Crippen molar-refractivity contribution in [3.05, 3.63) is 64.2 Å². The predicted molar refractivity (Wildman–Crippen MR) is 107 cm³/mol. The zero-order chi connectivity index (χ0) is 20.8. The summed E-state index contributed by atoms with van der Waals surface area (Å²) >= 11 is 0. The molecular weight excluding hydrogens is 381 g/mol. The van der Waals surface area contributed by atoms with Gasteiger partial charge < -0.3 is 9.80 Å². The Balaban J connectivity index is 1.78. The minimum Gasteiger partial charge on any atom is -0.369 e. The standard InChI is InChI=1S/C21H21F3N4O/c1-14-25-19-8-7-17(27-11-9-26(2)10-12-27)13-18(19)20(29)28(14)16-5-3-15(4-6-16)21(22,23)24/h3-8,13H,9-12H2,1-2H3. The maximum atomic E-state index is 13.2. The van der Waals surface area contributed by atoms with Crippen molar-refractivity contribution in [1.29, 1.82) is 0 Å². The molecule has 0 amide bonds. The van der Waals surface area contributed by atoms with Gasteiger partial charge >= 0.3 is 6.18 Å². The third-order valence-electron chi connectivity index (χ3n) is 5.34. The SMILES string of the molecule is Cc1nc2ccc(N3CCN(C)CC3)cc2c(=O)n1-c1ccc(C(F)(F)F)cc1. The number of likely N-dealkylation sites (N-methyl/N-ethyl adjacent to an activating group) is 1. The number of aromatic nitrogens is 2. The highest BCUT2D eigenvalue weighted by atomic mass is 19.4. The summed E-state index contributed by atoms with van der Waals surface area (Å²) in [7, 11) is 2.08. The summed E-state index contributed by atoms with van der Waals surface area (Å²) in [6.45, 7) is 5.30. The molecular formula is C21H21F3N4O. The highest BCUT2D eigenvalue weighted by Gasteiger charge is 2.30. The van der Waals surface area contributed by atoms with E-state index in [1.807, 2.05) is 18.2 Å². The van der Waals surface area contributed by atoms with Crippen molar-refractivity contribution in [2.75, 3.05) is 38.1 Å². The van der Waals surface area contributed by atoms with Crippen LogP contribution in [0.3, 0.4) is 0 Å². The Bertz CT molecular complexity index is 1100. The van der Waals surface area contributed by atoms with E-state index in [1.165, 1.54) is 16.7 Å². The number of halogens is 3. The molecule has 1 saturated heterocycles. The largest absolute Gasteiger partial charge is 0.416 e. The van der Waals surface area contributed by atoms with Gasteiger partial charge in [-0.25, -0.2) is 4.98 Å². The molecule has 5 nitrogen and oxygen atoms in total. The topological polar surface area (TPSA) is 41.4 Å². The second-order valence-corrected chi connectivity index (χ2v) is 7.34. The molecule has 29 heavy (non-hydrogen) atoms. The summed E-state index contributed by atoms with van der Waals surface area (Å²) in [5, 5.41) is 0.451. The van der Waals surface area contributed by atoms with Crippen LogP contribution in [0.1, 0.15) is 11.4 Å². The first-order valence-corrected chi connectivity index (χ1v) is 9.38. The number of alkyl halides is 3. The maximum Gasteiger partial charge on any atom is 0.416 e. The number of anilines is 1. The van der Waals surface area contributed by atoms with Crippen LogP contribution < -0.4 is 10.5 Å². The number of benzene rings is 2. The molecule has 2 heterocycles. The molecule has 0 spiro atoms. The smallest absolute Gasteiger partial charge is 0.369 e. The van der Waals surface area contributed by atoms with Gasteiger partial charge in [-0.2, -0.15) is 13.2 Å². The van der Waals surface area contributed by atoms with Crippen molar-refractivity contribution in [3.63, 3.8) is 0 Å². The van der Waals surface area contributed by atoms with Gasteiger partial charge in [0.25, 0.3) is 5.56 Å². The molecule has 8 heteroatoms. The monoisotopic (exact) mass is 402 g/mol. The number of fused-ring (bicyclic) bond motifs is 1. The summed E-state index contributed by atoms with van der Waals surface area (Å²) in [5.74, 6) is 0.426. The molecule has 4 rings (SSSR count). The van der Waals surface area contributed by atoms with Crippen LogP contribution in [0.2, 0.25) is 0 Å². The third kappa shape index (κ3) is 3.72. The van der Waals surface area contributed by atoms with E-state index in [2.05, 4.69) is 21.8 Å². The zero-order valence-electron chi connectivity index (χ0n) is 16.2. The van der Waals surface area contributed by atoms with E-state index in [9.17, 15) is 18.0 Å². The minimum atomic E-state index is -4.42. The fourth-order valence-corrected chi connectivity index (χ4v) is 3.65. The first-order chi connectivity index (χ1) is 13.7. The molecule has 152 valence electrons. The van der Waals surface area contributed by atoms with E-state index < -0.39 is 11.7 Å². The summed E-state index contributed by atoms with van der Waals surface area (Å²) in [6, 6.07) is 10.2. The predicted octanol–water partition coefficient (Wildman–Crippen LogP) is 3.46. The number of piperazine rings is 1. The van der Waals surface area contributed by atoms with Gasteiger partial charge in [0.15, 0.2) is 0 Å². The van der Waals surface area contributed by atoms with Crippen molar-refractivity contribution in [2.45, 2.75) is 13.1 Å². The molecule has 0 bridgehead atoms. The van der Waals surface area contributed by atoms with Gasteiger partial charge in [-0.1, -0.05) is 0 Å². The highest BCUT2D eigenvalue weighted by Crippen LogP contribution is 2.29. The second kappa shape index (κ2) is 7.18. The average Bonchev–Trinajstić information content (AvgIpc) is 2.68. The molecule has 0 atom stereocenters. The Hall–Kier alpha value is -2.87. The van der Waals surface area contributed by atoms with Gasteiger partial charge in [-0.15, -0.1) is 0 Å². The van der Waals surface area contributed by atoms with E-state index in [-0.39, 0.29) is 5.56 Å². The Morgan fingerprint density at radius 1 is 0.931 bits per heavy atom. The Morgan fingerprint density at radius 2 is 1.55 bits per heavy atom. The van der Waals surface area contributed by atoms with Crippen molar-refractivity contribution in [1.82, 2.24) is 14.5 Å². The van der Waals surface area contributed by atoms with Crippen molar-refractivity contribution in [3.8, 4) is 5.69 Å². The Kier molecular flexibility index (Phi) is 4.82. The summed E-state index contributed by atoms with van der Waals surface area (Å²) in [4.78, 5) is 22.2. The number of nitrogens with zero attached hydrogens (tertiary/aromatic N) is 4. The molecule has 3 aromatic rings. The second-order valence-electron chi connectivity index (χ2n) is 7.34. The molecule has 1 aliphatic rings. The lowest BCUT2D eigenvalue weighted by molar-refractivity contribution is -0.137. The first-order valence-electron chi connectivity index (χ1n) is 9.38. The van der Waals surface area contributed by atoms with Crippen LogP contribution in [0.25, 0.3) is 16.6 Å². The van der Waals surface area contributed by atoms with E-state index in [0.717, 1.165) is 44.0 Å². The van der Waals surface area contributed by atoms with Crippen LogP contribution >= 0.6 is 0 Å². The van der Waals surface area contributed by atoms with E-state index >= 15 is 0 Å². The van der Waals surface area contributed by atoms with Gasteiger partial charge in [0, 0.05) is 31.9 Å². The van der Waals surface area contributed by atoms with Crippen LogP contribution in [0.5, 0.6) is 0 Å². The van der Waals surface area contributed by atoms with E-state index in [1.54, 1.807) is 6.92 Å². The number of hydrogen-bond donors (Lipinski definition) is 0. The molecule has 1 aliphatic heterocycles. The quantitative estimate of drug-likeness (QED) is 0.658. The molecule has 1 aromatic heterocycles. The summed E-state index contributed by atoms with van der Waals surface area (Å²) in [6.07, 6.45) is -4.42. The Morgan fingerprint density at radius 3 is 2.17 bits per heavy atom. The van der Waals surface area contributed by atoms with Crippen molar-refractivity contribution < 1.29 is 13.2 Å². The first kappa shape index (κ1) is 19.4. The molecule has 0 radical (unpaired) electrons. The number of hydrogen-bond acceptors (Lipinski definition) is 4. The van der Waals surface area contributed by atoms with Gasteiger partial charge in [0.1, 0.15) is 5.82 Å². The fourth-order valence-electron chi connectivity index (χ4n) is 3.65. The molecule has 2 aromatic carbocycles. The Labute approximate surface area is 166 Å². The zero-order valence-corrected chi connectivity index (χ0v) is 16.2. The maximum absolute atomic E-state index is 13.2. The molecule has 1 fully saturated rings. The molecule has 0 unspecified atom stereocenters. The van der Waals surface area contributed by atoms with Crippen LogP contribution in [-0.2, 0) is 6.18 Å². The number of rotatable bonds is 2. The van der Waals surface area contributed by atoms with Crippen LogP contribution in [0, 0.1) is 6.92 Å². The molecule has 0 saturated carbocycles. The van der Waals surface area contributed by atoms with Gasteiger partial charge in [-0.3, -0.25) is 9.36 Å². The van der Waals surface area contributed by atoms with Gasteiger partial charge in [0.2, 0.25) is 0 Å². The summed E-state index contributed by atoms with van der Waals surface area (Å²) < 4.78 is 39.9. The minimum absolute atomic E-state index is 0.289. The van der Waals surface area contributed by atoms with Gasteiger partial charge in [0.05, 0.1) is 22.2 Å². The van der Waals surface area contributed by atoms with E-state index in [4.69, 9.17) is 0 Å². The molecule has 0 aliphatic carbocycles. The summed E-state index contributed by atoms with van der Waals surface area (Å²) in [5.41, 5.74) is 0.849. The van der Waals surface area contributed by atoms with Crippen LogP contribution in [0.4, 0.5) is 18.9 Å². The van der Waals surface area contributed by atoms with Crippen LogP contribution in [-0.4, -0.2) is 47.7 Å².